The van der Waals surface area contributed by atoms with Crippen LogP contribution in [-0.2, 0) is 11.2 Å². The molecule has 1 aromatic heterocycles. The first-order valence-corrected chi connectivity index (χ1v) is 10.1. The van der Waals surface area contributed by atoms with E-state index in [2.05, 4.69) is 20.9 Å². The number of rotatable bonds is 9. The summed E-state index contributed by atoms with van der Waals surface area (Å²) >= 11 is 0. The fourth-order valence-corrected chi connectivity index (χ4v) is 3.46. The van der Waals surface area contributed by atoms with Gasteiger partial charge in [-0.1, -0.05) is 18.2 Å². The minimum Gasteiger partial charge on any atom is -0.493 e. The summed E-state index contributed by atoms with van der Waals surface area (Å²) in [5, 5.41) is 17.6. The van der Waals surface area contributed by atoms with Crippen LogP contribution in [0.15, 0.2) is 42.6 Å². The number of fused-ring (bicyclic) bond motifs is 1. The Balaban J connectivity index is 1.80. The van der Waals surface area contributed by atoms with Gasteiger partial charge < -0.3 is 35.1 Å². The van der Waals surface area contributed by atoms with Gasteiger partial charge in [0.25, 0.3) is 0 Å². The van der Waals surface area contributed by atoms with Crippen LogP contribution >= 0.6 is 0 Å². The Morgan fingerprint density at radius 1 is 1.09 bits per heavy atom. The zero-order valence-corrected chi connectivity index (χ0v) is 18.5. The molecule has 1 heterocycles. The number of nitriles is 1. The maximum Gasteiger partial charge on any atom is 0.319 e. The Morgan fingerprint density at radius 2 is 1.79 bits per heavy atom. The Hall–Kier alpha value is -4.39. The van der Waals surface area contributed by atoms with Gasteiger partial charge in [0.15, 0.2) is 11.5 Å². The van der Waals surface area contributed by atoms with E-state index in [1.807, 2.05) is 30.3 Å². The number of ether oxygens (including phenoxy) is 3. The number of aromatic amines is 1. The lowest BCUT2D eigenvalue weighted by atomic mass is 10.0. The third-order valence-electron chi connectivity index (χ3n) is 4.99. The molecular formula is C23H25N5O5. The lowest BCUT2D eigenvalue weighted by Gasteiger charge is -2.19. The molecule has 0 saturated carbocycles. The molecule has 3 aromatic rings. The number of nitrogens with one attached hydrogen (secondary N) is 4. The van der Waals surface area contributed by atoms with E-state index in [1.54, 1.807) is 18.3 Å². The molecule has 1 unspecified atom stereocenters. The largest absolute Gasteiger partial charge is 0.493 e. The predicted octanol–water partition coefficient (Wildman–Crippen LogP) is 2.57. The number of hydrogen-bond donors (Lipinski definition) is 4. The molecule has 3 amide bonds. The highest BCUT2D eigenvalue weighted by molar-refractivity contribution is 5.95. The van der Waals surface area contributed by atoms with Crippen molar-refractivity contribution in [3.8, 4) is 23.3 Å². The van der Waals surface area contributed by atoms with Crippen LogP contribution in [0.4, 0.5) is 10.5 Å². The van der Waals surface area contributed by atoms with E-state index in [9.17, 15) is 9.59 Å². The highest BCUT2D eigenvalue weighted by atomic mass is 16.5. The quantitative estimate of drug-likeness (QED) is 0.369. The molecule has 2 aromatic carbocycles. The number of carbonyl (C=O) groups is 2. The van der Waals surface area contributed by atoms with Crippen molar-refractivity contribution in [1.29, 1.82) is 5.26 Å². The first-order chi connectivity index (χ1) is 16.0. The van der Waals surface area contributed by atoms with Gasteiger partial charge in [0.2, 0.25) is 11.7 Å². The molecule has 0 aliphatic heterocycles. The van der Waals surface area contributed by atoms with Crippen LogP contribution in [0.3, 0.4) is 0 Å². The molecule has 0 aliphatic carbocycles. The number of para-hydroxylation sites is 1. The van der Waals surface area contributed by atoms with E-state index in [0.717, 1.165) is 16.5 Å². The summed E-state index contributed by atoms with van der Waals surface area (Å²) in [7, 11) is 4.42. The Morgan fingerprint density at radius 3 is 2.42 bits per heavy atom. The molecule has 0 spiro atoms. The number of hydrogen-bond acceptors (Lipinski definition) is 6. The Labute approximate surface area is 190 Å². The van der Waals surface area contributed by atoms with Crippen LogP contribution in [0.25, 0.3) is 10.9 Å². The number of urea groups is 1. The van der Waals surface area contributed by atoms with Crippen LogP contribution in [0.5, 0.6) is 17.2 Å². The summed E-state index contributed by atoms with van der Waals surface area (Å²) in [6, 6.07) is 11.1. The van der Waals surface area contributed by atoms with Gasteiger partial charge in [-0.25, -0.2) is 4.79 Å². The number of H-pyrrole nitrogens is 1. The summed E-state index contributed by atoms with van der Waals surface area (Å²) in [6.07, 6.45) is 2.03. The molecule has 172 valence electrons. The lowest BCUT2D eigenvalue weighted by molar-refractivity contribution is -0.122. The number of carbonyl (C=O) groups excluding carboxylic acids is 2. The molecular weight excluding hydrogens is 426 g/mol. The molecule has 1 atom stereocenters. The van der Waals surface area contributed by atoms with Crippen molar-refractivity contribution in [2.24, 2.45) is 0 Å². The average molecular weight is 451 g/mol. The number of amides is 3. The van der Waals surface area contributed by atoms with Crippen molar-refractivity contribution in [2.45, 2.75) is 12.5 Å². The third-order valence-corrected chi connectivity index (χ3v) is 4.99. The number of benzene rings is 2. The fraction of sp³-hybridized carbons (Fsp3) is 0.261. The average Bonchev–Trinajstić information content (AvgIpc) is 3.24. The van der Waals surface area contributed by atoms with Crippen LogP contribution in [0.1, 0.15) is 5.56 Å². The van der Waals surface area contributed by atoms with Gasteiger partial charge in [-0.15, -0.1) is 0 Å². The molecule has 0 fully saturated rings. The topological polar surface area (TPSA) is 137 Å². The Kier molecular flexibility index (Phi) is 7.60. The van der Waals surface area contributed by atoms with Crippen molar-refractivity contribution >= 4 is 28.5 Å². The molecule has 0 saturated heterocycles. The number of nitrogens with zero attached hydrogens (tertiary/aromatic N) is 1. The second kappa shape index (κ2) is 10.8. The first-order valence-electron chi connectivity index (χ1n) is 10.1. The maximum absolute atomic E-state index is 12.8. The van der Waals surface area contributed by atoms with E-state index < -0.39 is 18.0 Å². The van der Waals surface area contributed by atoms with Gasteiger partial charge in [0, 0.05) is 35.7 Å². The van der Waals surface area contributed by atoms with E-state index in [1.165, 1.54) is 21.3 Å². The molecule has 4 N–H and O–H groups in total. The summed E-state index contributed by atoms with van der Waals surface area (Å²) in [5.74, 6) is 0.657. The normalized spacial score (nSPS) is 11.2. The van der Waals surface area contributed by atoms with Gasteiger partial charge >= 0.3 is 6.03 Å². The number of anilines is 1. The van der Waals surface area contributed by atoms with Crippen molar-refractivity contribution in [1.82, 2.24) is 15.6 Å². The van der Waals surface area contributed by atoms with Crippen molar-refractivity contribution in [3.05, 3.63) is 48.2 Å². The van der Waals surface area contributed by atoms with Crippen molar-refractivity contribution in [3.63, 3.8) is 0 Å². The highest BCUT2D eigenvalue weighted by Crippen LogP contribution is 2.39. The van der Waals surface area contributed by atoms with Gasteiger partial charge in [0.05, 0.1) is 33.1 Å². The van der Waals surface area contributed by atoms with E-state index in [-0.39, 0.29) is 13.0 Å². The number of aromatic nitrogens is 1. The predicted molar refractivity (Wildman–Crippen MR) is 123 cm³/mol. The standard InChI is InChI=1S/C23H25N5O5/c1-31-19-11-15(12-20(32-2)21(19)33-3)27-23(30)28-18(22(29)25-9-8-24)10-14-13-26-17-7-5-4-6-16(14)17/h4-7,11-13,18,26H,9-10H2,1-3H3,(H,25,29)(H2,27,28,30). The van der Waals surface area contributed by atoms with Crippen LogP contribution in [0.2, 0.25) is 0 Å². The van der Waals surface area contributed by atoms with E-state index in [4.69, 9.17) is 19.5 Å². The van der Waals surface area contributed by atoms with E-state index >= 15 is 0 Å². The first kappa shape index (κ1) is 23.3. The zero-order chi connectivity index (χ0) is 23.8. The van der Waals surface area contributed by atoms with Crippen molar-refractivity contribution < 1.29 is 23.8 Å². The summed E-state index contributed by atoms with van der Waals surface area (Å²) in [6.45, 7) is -0.167. The van der Waals surface area contributed by atoms with E-state index in [0.29, 0.717) is 22.9 Å². The zero-order valence-electron chi connectivity index (χ0n) is 18.5. The lowest BCUT2D eigenvalue weighted by Crippen LogP contribution is -2.49. The highest BCUT2D eigenvalue weighted by Gasteiger charge is 2.23. The van der Waals surface area contributed by atoms with Gasteiger partial charge in [-0.3, -0.25) is 4.79 Å². The van der Waals surface area contributed by atoms with Crippen LogP contribution in [0, 0.1) is 11.3 Å². The molecule has 3 rings (SSSR count). The summed E-state index contributed by atoms with van der Waals surface area (Å²) in [4.78, 5) is 28.6. The third kappa shape index (κ3) is 5.46. The Bertz CT molecular complexity index is 1160. The molecule has 10 heteroatoms. The molecule has 0 bridgehead atoms. The van der Waals surface area contributed by atoms with Crippen LogP contribution < -0.4 is 30.2 Å². The van der Waals surface area contributed by atoms with Crippen molar-refractivity contribution in [2.75, 3.05) is 33.2 Å². The molecule has 0 radical (unpaired) electrons. The molecule has 33 heavy (non-hydrogen) atoms. The second-order valence-corrected chi connectivity index (χ2v) is 7.00. The summed E-state index contributed by atoms with van der Waals surface area (Å²) < 4.78 is 15.9. The second-order valence-electron chi connectivity index (χ2n) is 7.00. The van der Waals surface area contributed by atoms with Gasteiger partial charge in [-0.2, -0.15) is 5.26 Å². The SMILES string of the molecule is COc1cc(NC(=O)NC(Cc2c[nH]c3ccccc23)C(=O)NCC#N)cc(OC)c1OC. The molecule has 10 nitrogen and oxygen atoms in total. The van der Waals surface area contributed by atoms with Crippen LogP contribution in [-0.4, -0.2) is 50.8 Å². The minimum atomic E-state index is -0.917. The van der Waals surface area contributed by atoms with Gasteiger partial charge in [0.1, 0.15) is 12.6 Å². The fourth-order valence-electron chi connectivity index (χ4n) is 3.46. The minimum absolute atomic E-state index is 0.167. The monoisotopic (exact) mass is 451 g/mol. The van der Waals surface area contributed by atoms with Gasteiger partial charge in [-0.05, 0) is 11.6 Å². The number of methoxy groups -OCH3 is 3. The molecule has 0 aliphatic rings. The maximum atomic E-state index is 12.8. The summed E-state index contributed by atoms with van der Waals surface area (Å²) in [5.41, 5.74) is 2.16. The smallest absolute Gasteiger partial charge is 0.319 e.